The van der Waals surface area contributed by atoms with Gasteiger partial charge in [0, 0.05) is 10.0 Å². The van der Waals surface area contributed by atoms with E-state index in [1.165, 1.54) is 30.6 Å². The molecule has 1 amide bonds. The molecular weight excluding hydrogens is 466 g/mol. The Morgan fingerprint density at radius 2 is 1.93 bits per heavy atom. The van der Waals surface area contributed by atoms with Gasteiger partial charge in [-0.2, -0.15) is 4.37 Å². The summed E-state index contributed by atoms with van der Waals surface area (Å²) in [4.78, 5) is 29.2. The van der Waals surface area contributed by atoms with Gasteiger partial charge in [-0.1, -0.05) is 15.9 Å². The van der Waals surface area contributed by atoms with Crippen LogP contribution in [0.3, 0.4) is 0 Å². The first-order valence-electron chi connectivity index (χ1n) is 8.28. The second-order valence-electron chi connectivity index (χ2n) is 6.07. The molecule has 0 unspecified atom stereocenters. The Kier molecular flexibility index (Phi) is 5.20. The third kappa shape index (κ3) is 3.94. The first-order chi connectivity index (χ1) is 13.9. The van der Waals surface area contributed by atoms with Crippen molar-refractivity contribution in [1.82, 2.24) is 13.9 Å². The summed E-state index contributed by atoms with van der Waals surface area (Å²) in [6.45, 7) is -0.332. The van der Waals surface area contributed by atoms with Gasteiger partial charge in [0.2, 0.25) is 5.91 Å². The van der Waals surface area contributed by atoms with Crippen molar-refractivity contribution in [3.8, 4) is 11.3 Å². The summed E-state index contributed by atoms with van der Waals surface area (Å²) >= 11 is 4.09. The number of amides is 1. The minimum Gasteiger partial charge on any atom is -0.322 e. The molecule has 0 fully saturated rings. The van der Waals surface area contributed by atoms with Gasteiger partial charge in [0.25, 0.3) is 5.56 Å². The molecule has 0 bridgehead atoms. The lowest BCUT2D eigenvalue weighted by Gasteiger charge is -2.08. The van der Waals surface area contributed by atoms with Crippen molar-refractivity contribution in [2.24, 2.45) is 0 Å². The predicted molar refractivity (Wildman–Crippen MR) is 110 cm³/mol. The first-order valence-corrected chi connectivity index (χ1v) is 9.84. The van der Waals surface area contributed by atoms with Crippen molar-refractivity contribution in [3.63, 3.8) is 0 Å². The Labute approximate surface area is 175 Å². The van der Waals surface area contributed by atoms with Gasteiger partial charge in [-0.15, -0.1) is 0 Å². The largest absolute Gasteiger partial charge is 0.322 e. The van der Waals surface area contributed by atoms with Gasteiger partial charge in [-0.25, -0.2) is 13.8 Å². The Balaban J connectivity index is 1.60. The number of carbonyl (C=O) groups excluding carboxylic acids is 1. The molecule has 0 saturated heterocycles. The lowest BCUT2D eigenvalue weighted by molar-refractivity contribution is -0.116. The number of rotatable bonds is 4. The third-order valence-electron chi connectivity index (χ3n) is 4.09. The average Bonchev–Trinajstić information content (AvgIpc) is 3.12. The number of hydrogen-bond donors (Lipinski definition) is 1. The fraction of sp³-hybridized carbons (Fsp3) is 0.0526. The highest BCUT2D eigenvalue weighted by Crippen LogP contribution is 2.27. The highest BCUT2D eigenvalue weighted by atomic mass is 79.9. The number of carbonyl (C=O) groups is 1. The van der Waals surface area contributed by atoms with Crippen LogP contribution in [0.25, 0.3) is 21.5 Å². The van der Waals surface area contributed by atoms with Crippen LogP contribution < -0.4 is 10.9 Å². The van der Waals surface area contributed by atoms with Crippen LogP contribution in [0.1, 0.15) is 0 Å². The smallest absolute Gasteiger partial charge is 0.273 e. The van der Waals surface area contributed by atoms with Crippen molar-refractivity contribution in [3.05, 3.63) is 75.3 Å². The van der Waals surface area contributed by atoms with E-state index in [2.05, 4.69) is 30.6 Å². The quantitative estimate of drug-likeness (QED) is 0.478. The molecule has 0 atom stereocenters. The molecule has 10 heteroatoms. The number of hydrogen-bond acceptors (Lipinski definition) is 5. The maximum Gasteiger partial charge on any atom is 0.273 e. The molecule has 2 aromatic heterocycles. The number of aromatic nitrogens is 3. The number of anilines is 1. The van der Waals surface area contributed by atoms with Crippen molar-refractivity contribution < 1.29 is 13.6 Å². The number of fused-ring (bicyclic) bond motifs is 1. The summed E-state index contributed by atoms with van der Waals surface area (Å²) in [5.74, 6) is -1.55. The second kappa shape index (κ2) is 7.80. The molecule has 146 valence electrons. The highest BCUT2D eigenvalue weighted by Gasteiger charge is 2.16. The van der Waals surface area contributed by atoms with E-state index in [0.717, 1.165) is 16.1 Å². The SMILES string of the molecule is O=C(Cn1cnc2c(-c3ccc(F)cc3)nsc2c1=O)Nc1ccc(Br)cc1F. The lowest BCUT2D eigenvalue weighted by atomic mass is 10.1. The molecule has 29 heavy (non-hydrogen) atoms. The molecule has 1 N–H and O–H groups in total. The van der Waals surface area contributed by atoms with Crippen LogP contribution in [0.4, 0.5) is 14.5 Å². The minimum absolute atomic E-state index is 0.0108. The van der Waals surface area contributed by atoms with Gasteiger partial charge < -0.3 is 5.32 Å². The molecule has 4 rings (SSSR count). The normalized spacial score (nSPS) is 11.0. The summed E-state index contributed by atoms with van der Waals surface area (Å²) in [6.07, 6.45) is 1.24. The summed E-state index contributed by atoms with van der Waals surface area (Å²) in [6, 6.07) is 9.94. The van der Waals surface area contributed by atoms with Crippen LogP contribution in [-0.2, 0) is 11.3 Å². The fourth-order valence-corrected chi connectivity index (χ4v) is 3.84. The summed E-state index contributed by atoms with van der Waals surface area (Å²) in [7, 11) is 0. The monoisotopic (exact) mass is 476 g/mol. The molecule has 0 radical (unpaired) electrons. The molecule has 0 spiro atoms. The van der Waals surface area contributed by atoms with Gasteiger partial charge >= 0.3 is 0 Å². The zero-order valence-electron chi connectivity index (χ0n) is 14.5. The van der Waals surface area contributed by atoms with E-state index in [1.54, 1.807) is 18.2 Å². The van der Waals surface area contributed by atoms with Gasteiger partial charge in [-0.05, 0) is 54.0 Å². The van der Waals surface area contributed by atoms with E-state index in [1.807, 2.05) is 0 Å². The van der Waals surface area contributed by atoms with Crippen molar-refractivity contribution in [2.75, 3.05) is 5.32 Å². The number of halogens is 3. The molecule has 4 aromatic rings. The Hall–Kier alpha value is -2.98. The molecular formula is C19H11BrF2N4O2S. The Morgan fingerprint density at radius 1 is 1.17 bits per heavy atom. The minimum atomic E-state index is -0.597. The van der Waals surface area contributed by atoms with E-state index < -0.39 is 17.3 Å². The summed E-state index contributed by atoms with van der Waals surface area (Å²) in [5, 5.41) is 2.43. The lowest BCUT2D eigenvalue weighted by Crippen LogP contribution is -2.27. The van der Waals surface area contributed by atoms with Crippen LogP contribution in [0.2, 0.25) is 0 Å². The fourth-order valence-electron chi connectivity index (χ4n) is 2.70. The van der Waals surface area contributed by atoms with Gasteiger partial charge in [-0.3, -0.25) is 14.2 Å². The molecule has 0 aliphatic rings. The van der Waals surface area contributed by atoms with Crippen LogP contribution in [0.15, 0.2) is 58.1 Å². The van der Waals surface area contributed by atoms with Crippen LogP contribution >= 0.6 is 27.5 Å². The molecule has 0 aliphatic carbocycles. The van der Waals surface area contributed by atoms with E-state index in [4.69, 9.17) is 0 Å². The van der Waals surface area contributed by atoms with Crippen molar-refractivity contribution in [2.45, 2.75) is 6.54 Å². The molecule has 0 saturated carbocycles. The molecule has 2 heterocycles. The predicted octanol–water partition coefficient (Wildman–Crippen LogP) is 4.20. The first kappa shape index (κ1) is 19.3. The van der Waals surface area contributed by atoms with Gasteiger partial charge in [0.1, 0.15) is 34.1 Å². The number of benzene rings is 2. The van der Waals surface area contributed by atoms with Gasteiger partial charge in [0.05, 0.1) is 12.0 Å². The van der Waals surface area contributed by atoms with Crippen LogP contribution in [0.5, 0.6) is 0 Å². The third-order valence-corrected chi connectivity index (χ3v) is 5.40. The zero-order chi connectivity index (χ0) is 20.5. The second-order valence-corrected chi connectivity index (χ2v) is 7.75. The molecule has 6 nitrogen and oxygen atoms in total. The highest BCUT2D eigenvalue weighted by molar-refractivity contribution is 9.10. The summed E-state index contributed by atoms with van der Waals surface area (Å²) in [5.41, 5.74) is 1.05. The number of nitrogens with one attached hydrogen (secondary N) is 1. The van der Waals surface area contributed by atoms with Crippen LogP contribution in [0, 0.1) is 11.6 Å². The maximum absolute atomic E-state index is 13.9. The molecule has 2 aromatic carbocycles. The Morgan fingerprint density at radius 3 is 2.66 bits per heavy atom. The maximum atomic E-state index is 13.9. The van der Waals surface area contributed by atoms with E-state index in [9.17, 15) is 18.4 Å². The van der Waals surface area contributed by atoms with Crippen molar-refractivity contribution in [1.29, 1.82) is 0 Å². The standard InChI is InChI=1S/C19H11BrF2N4O2S/c20-11-3-6-14(13(22)7-11)24-15(27)8-26-9-23-17-16(25-29-18(17)19(26)28)10-1-4-12(21)5-2-10/h1-7,9H,8H2,(H,24,27). The van der Waals surface area contributed by atoms with Gasteiger partial charge in [0.15, 0.2) is 0 Å². The molecule has 0 aliphatic heterocycles. The summed E-state index contributed by atoms with van der Waals surface area (Å²) < 4.78 is 33.2. The zero-order valence-corrected chi connectivity index (χ0v) is 16.9. The van der Waals surface area contributed by atoms with E-state index in [-0.39, 0.29) is 22.7 Å². The topological polar surface area (TPSA) is 76.9 Å². The van der Waals surface area contributed by atoms with E-state index >= 15 is 0 Å². The number of nitrogens with zero attached hydrogens (tertiary/aromatic N) is 3. The average molecular weight is 477 g/mol. The van der Waals surface area contributed by atoms with E-state index in [0.29, 0.717) is 21.2 Å². The van der Waals surface area contributed by atoms with Crippen LogP contribution in [-0.4, -0.2) is 19.8 Å². The van der Waals surface area contributed by atoms with Crippen molar-refractivity contribution >= 4 is 49.3 Å². The Bertz CT molecular complexity index is 1290.